The third kappa shape index (κ3) is 2.36. The maximum absolute atomic E-state index is 3.96. The molecule has 0 spiro atoms. The predicted molar refractivity (Wildman–Crippen MR) is 75.6 cm³/mol. The summed E-state index contributed by atoms with van der Waals surface area (Å²) in [5, 5.41) is 1.24. The topological polar surface area (TPSA) is 28.1 Å². The highest BCUT2D eigenvalue weighted by Gasteiger charge is 2.01. The van der Waals surface area contributed by atoms with Crippen molar-refractivity contribution in [2.45, 2.75) is 6.92 Å². The number of aryl methyl sites for hydroxylation is 1. The van der Waals surface area contributed by atoms with Gasteiger partial charge < -0.3 is 4.98 Å². The van der Waals surface area contributed by atoms with E-state index >= 15 is 0 Å². The van der Waals surface area contributed by atoms with E-state index < -0.39 is 0 Å². The fourth-order valence-corrected chi connectivity index (χ4v) is 1.89. The van der Waals surface area contributed by atoms with Gasteiger partial charge in [0.05, 0.1) is 0 Å². The fourth-order valence-electron chi connectivity index (χ4n) is 1.89. The van der Waals surface area contributed by atoms with E-state index in [2.05, 4.69) is 47.7 Å². The normalized spacial score (nSPS) is 12.5. The van der Waals surface area contributed by atoms with E-state index in [1.165, 1.54) is 11.1 Å². The molecule has 0 atom stereocenters. The first-order valence-electron chi connectivity index (χ1n) is 5.59. The number of nitrogens with one attached hydrogen (secondary N) is 1. The minimum Gasteiger partial charge on any atom is -0.359 e. The lowest BCUT2D eigenvalue weighted by molar-refractivity contribution is 1.30. The SMILES string of the molecule is C=C/C(=C\C=NC)c1ccc2cc(C)[nH]c2c1. The molecule has 2 rings (SSSR count). The van der Waals surface area contributed by atoms with Gasteiger partial charge in [-0.3, -0.25) is 4.99 Å². The van der Waals surface area contributed by atoms with Gasteiger partial charge in [0, 0.05) is 24.5 Å². The second-order valence-corrected chi connectivity index (χ2v) is 3.99. The van der Waals surface area contributed by atoms with Crippen LogP contribution in [0.4, 0.5) is 0 Å². The molecule has 0 amide bonds. The third-order valence-electron chi connectivity index (χ3n) is 2.71. The number of allylic oxidation sites excluding steroid dienone is 3. The van der Waals surface area contributed by atoms with E-state index in [1.54, 1.807) is 13.3 Å². The van der Waals surface area contributed by atoms with Gasteiger partial charge in [0.1, 0.15) is 0 Å². The molecule has 0 aliphatic carbocycles. The lowest BCUT2D eigenvalue weighted by Crippen LogP contribution is -1.82. The van der Waals surface area contributed by atoms with E-state index in [-0.39, 0.29) is 0 Å². The first-order chi connectivity index (χ1) is 8.24. The zero-order valence-corrected chi connectivity index (χ0v) is 10.2. The van der Waals surface area contributed by atoms with Gasteiger partial charge in [-0.2, -0.15) is 0 Å². The summed E-state index contributed by atoms with van der Waals surface area (Å²) in [4.78, 5) is 7.30. The van der Waals surface area contributed by atoms with Crippen LogP contribution in [0, 0.1) is 6.92 Å². The number of hydrogen-bond donors (Lipinski definition) is 1. The smallest absolute Gasteiger partial charge is 0.0462 e. The van der Waals surface area contributed by atoms with Crippen LogP contribution in [0.15, 0.2) is 48.0 Å². The highest BCUT2D eigenvalue weighted by molar-refractivity contribution is 5.91. The fraction of sp³-hybridized carbons (Fsp3) is 0.133. The van der Waals surface area contributed by atoms with E-state index in [0.29, 0.717) is 0 Å². The molecule has 0 fully saturated rings. The summed E-state index contributed by atoms with van der Waals surface area (Å²) in [7, 11) is 1.76. The van der Waals surface area contributed by atoms with Gasteiger partial charge in [0.25, 0.3) is 0 Å². The number of benzene rings is 1. The molecule has 0 bridgehead atoms. The summed E-state index contributed by atoms with van der Waals surface area (Å²) in [6, 6.07) is 8.50. The molecule has 0 saturated heterocycles. The minimum absolute atomic E-state index is 1.07. The van der Waals surface area contributed by atoms with Crippen LogP contribution in [-0.2, 0) is 0 Å². The molecular formula is C15H16N2. The molecule has 0 unspecified atom stereocenters. The van der Waals surface area contributed by atoms with E-state index in [0.717, 1.165) is 16.7 Å². The Morgan fingerprint density at radius 2 is 2.18 bits per heavy atom. The van der Waals surface area contributed by atoms with Crippen LogP contribution in [0.25, 0.3) is 16.5 Å². The number of rotatable bonds is 3. The summed E-state index contributed by atoms with van der Waals surface area (Å²) in [6.07, 6.45) is 5.59. The Bertz CT molecular complexity index is 600. The van der Waals surface area contributed by atoms with Crippen molar-refractivity contribution in [3.8, 4) is 0 Å². The molecule has 0 aliphatic heterocycles. The molecule has 0 aliphatic rings. The second kappa shape index (κ2) is 4.83. The van der Waals surface area contributed by atoms with Crippen molar-refractivity contribution in [2.24, 2.45) is 4.99 Å². The number of aliphatic imine (C=N–C) groups is 1. The Labute approximate surface area is 101 Å². The standard InChI is InChI=1S/C15H16N2/c1-4-12(7-8-16-3)13-5-6-14-9-11(2)17-15(14)10-13/h4-10,17H,1H2,2-3H3/b12-7+,16-8?. The highest BCUT2D eigenvalue weighted by Crippen LogP contribution is 2.22. The largest absolute Gasteiger partial charge is 0.359 e. The molecule has 2 aromatic rings. The summed E-state index contributed by atoms with van der Waals surface area (Å²) in [5.74, 6) is 0. The first-order valence-corrected chi connectivity index (χ1v) is 5.59. The first kappa shape index (κ1) is 11.4. The number of aromatic amines is 1. The highest BCUT2D eigenvalue weighted by atomic mass is 14.7. The van der Waals surface area contributed by atoms with Crippen LogP contribution in [0.1, 0.15) is 11.3 Å². The lowest BCUT2D eigenvalue weighted by Gasteiger charge is -2.01. The van der Waals surface area contributed by atoms with Crippen LogP contribution in [0.5, 0.6) is 0 Å². The average Bonchev–Trinajstić information content (AvgIpc) is 2.69. The van der Waals surface area contributed by atoms with Crippen LogP contribution >= 0.6 is 0 Å². The number of nitrogens with zero attached hydrogens (tertiary/aromatic N) is 1. The zero-order valence-electron chi connectivity index (χ0n) is 10.2. The van der Waals surface area contributed by atoms with Crippen molar-refractivity contribution in [1.29, 1.82) is 0 Å². The summed E-state index contributed by atoms with van der Waals surface area (Å²) >= 11 is 0. The molecule has 0 radical (unpaired) electrons. The minimum atomic E-state index is 1.07. The molecule has 2 heteroatoms. The molecule has 1 aromatic heterocycles. The maximum Gasteiger partial charge on any atom is 0.0462 e. The van der Waals surface area contributed by atoms with Crippen molar-refractivity contribution >= 4 is 22.7 Å². The summed E-state index contributed by atoms with van der Waals surface area (Å²) < 4.78 is 0. The van der Waals surface area contributed by atoms with Crippen molar-refractivity contribution in [1.82, 2.24) is 4.98 Å². The van der Waals surface area contributed by atoms with Crippen LogP contribution in [0.2, 0.25) is 0 Å². The number of aromatic nitrogens is 1. The van der Waals surface area contributed by atoms with Gasteiger partial charge in [0.15, 0.2) is 0 Å². The third-order valence-corrected chi connectivity index (χ3v) is 2.71. The molecule has 1 heterocycles. The quantitative estimate of drug-likeness (QED) is 0.607. The van der Waals surface area contributed by atoms with Crippen molar-refractivity contribution < 1.29 is 0 Å². The van der Waals surface area contributed by atoms with Gasteiger partial charge in [0.2, 0.25) is 0 Å². The number of fused-ring (bicyclic) bond motifs is 1. The Morgan fingerprint density at radius 1 is 1.35 bits per heavy atom. The molecule has 17 heavy (non-hydrogen) atoms. The van der Waals surface area contributed by atoms with Gasteiger partial charge in [-0.1, -0.05) is 24.8 Å². The maximum atomic E-state index is 3.96. The number of hydrogen-bond acceptors (Lipinski definition) is 1. The van der Waals surface area contributed by atoms with Crippen LogP contribution in [0.3, 0.4) is 0 Å². The Balaban J connectivity index is 2.50. The van der Waals surface area contributed by atoms with E-state index in [9.17, 15) is 0 Å². The van der Waals surface area contributed by atoms with Crippen LogP contribution in [-0.4, -0.2) is 18.2 Å². The second-order valence-electron chi connectivity index (χ2n) is 3.99. The van der Waals surface area contributed by atoms with Crippen LogP contribution < -0.4 is 0 Å². The van der Waals surface area contributed by atoms with Gasteiger partial charge in [-0.15, -0.1) is 0 Å². The molecule has 2 nitrogen and oxygen atoms in total. The Morgan fingerprint density at radius 3 is 2.88 bits per heavy atom. The lowest BCUT2D eigenvalue weighted by atomic mass is 10.0. The molecule has 86 valence electrons. The monoisotopic (exact) mass is 224 g/mol. The van der Waals surface area contributed by atoms with Crippen molar-refractivity contribution in [3.05, 3.63) is 54.3 Å². The number of H-pyrrole nitrogens is 1. The Hall–Kier alpha value is -2.09. The summed E-state index contributed by atoms with van der Waals surface area (Å²) in [5.41, 5.74) is 4.55. The van der Waals surface area contributed by atoms with Gasteiger partial charge in [-0.25, -0.2) is 0 Å². The molecule has 1 N–H and O–H groups in total. The zero-order chi connectivity index (χ0) is 12.3. The summed E-state index contributed by atoms with van der Waals surface area (Å²) in [6.45, 7) is 5.90. The van der Waals surface area contributed by atoms with E-state index in [4.69, 9.17) is 0 Å². The molecule has 0 saturated carbocycles. The molecular weight excluding hydrogens is 208 g/mol. The Kier molecular flexibility index (Phi) is 3.24. The molecule has 1 aromatic carbocycles. The van der Waals surface area contributed by atoms with Crippen molar-refractivity contribution in [2.75, 3.05) is 7.05 Å². The van der Waals surface area contributed by atoms with Gasteiger partial charge >= 0.3 is 0 Å². The average molecular weight is 224 g/mol. The van der Waals surface area contributed by atoms with Crippen molar-refractivity contribution in [3.63, 3.8) is 0 Å². The van der Waals surface area contributed by atoms with E-state index in [1.807, 2.05) is 12.2 Å². The van der Waals surface area contributed by atoms with Gasteiger partial charge in [-0.05, 0) is 41.7 Å². The predicted octanol–water partition coefficient (Wildman–Crippen LogP) is 3.75.